The second-order valence-electron chi connectivity index (χ2n) is 8.73. The van der Waals surface area contributed by atoms with Crippen LogP contribution >= 0.6 is 0 Å². The summed E-state index contributed by atoms with van der Waals surface area (Å²) >= 11 is 0. The molecule has 4 rings (SSSR count). The lowest BCUT2D eigenvalue weighted by Gasteiger charge is -2.25. The standard InChI is InChI=1S/C27H28N2O5S/c1-19-12-14-23(15-13-19)35(32,33)28-25(24-11-7-6-8-20(24)2)17-26(30)29-22(18-34-27(29)31)16-21-9-4-3-5-10-21/h3-15,22,25,28H,16-18H2,1-2H3/t22-,25-/m0/s1. The van der Waals surface area contributed by atoms with Gasteiger partial charge in [-0.05, 0) is 49.1 Å². The Morgan fingerprint density at radius 1 is 1.00 bits per heavy atom. The predicted molar refractivity (Wildman–Crippen MR) is 132 cm³/mol. The molecule has 0 bridgehead atoms. The minimum absolute atomic E-state index is 0.101. The second kappa shape index (κ2) is 10.4. The van der Waals surface area contributed by atoms with Gasteiger partial charge in [0.05, 0.1) is 17.0 Å². The van der Waals surface area contributed by atoms with Gasteiger partial charge in [0, 0.05) is 6.42 Å². The van der Waals surface area contributed by atoms with Crippen LogP contribution in [0, 0.1) is 13.8 Å². The zero-order valence-corrected chi connectivity index (χ0v) is 20.5. The van der Waals surface area contributed by atoms with Gasteiger partial charge in [-0.3, -0.25) is 4.79 Å². The fourth-order valence-electron chi connectivity index (χ4n) is 4.24. The number of cyclic esters (lactones) is 1. The average molecular weight is 493 g/mol. The number of carbonyl (C=O) groups is 2. The van der Waals surface area contributed by atoms with E-state index < -0.39 is 34.1 Å². The van der Waals surface area contributed by atoms with E-state index in [0.29, 0.717) is 12.0 Å². The highest BCUT2D eigenvalue weighted by molar-refractivity contribution is 7.89. The molecule has 0 aromatic heterocycles. The van der Waals surface area contributed by atoms with Gasteiger partial charge in [0.15, 0.2) is 0 Å². The number of aryl methyl sites for hydroxylation is 2. The summed E-state index contributed by atoms with van der Waals surface area (Å²) in [5, 5.41) is 0. The molecule has 2 atom stereocenters. The maximum absolute atomic E-state index is 13.4. The molecule has 1 fully saturated rings. The highest BCUT2D eigenvalue weighted by atomic mass is 32.2. The summed E-state index contributed by atoms with van der Waals surface area (Å²) in [5.74, 6) is -0.492. The number of nitrogens with zero attached hydrogens (tertiary/aromatic N) is 1. The van der Waals surface area contributed by atoms with Gasteiger partial charge in [0.2, 0.25) is 15.9 Å². The molecule has 2 amide bonds. The Balaban J connectivity index is 1.60. The van der Waals surface area contributed by atoms with E-state index >= 15 is 0 Å². The normalized spacial score (nSPS) is 16.7. The van der Waals surface area contributed by atoms with Crippen molar-refractivity contribution < 1.29 is 22.7 Å². The van der Waals surface area contributed by atoms with Crippen molar-refractivity contribution in [3.05, 3.63) is 101 Å². The maximum atomic E-state index is 13.4. The summed E-state index contributed by atoms with van der Waals surface area (Å²) in [4.78, 5) is 27.1. The number of sulfonamides is 1. The van der Waals surface area contributed by atoms with Crippen molar-refractivity contribution in [2.24, 2.45) is 0 Å². The monoisotopic (exact) mass is 492 g/mol. The Morgan fingerprint density at radius 2 is 1.66 bits per heavy atom. The first-order valence-electron chi connectivity index (χ1n) is 11.4. The minimum Gasteiger partial charge on any atom is -0.447 e. The van der Waals surface area contributed by atoms with E-state index in [2.05, 4.69) is 4.72 Å². The van der Waals surface area contributed by atoms with Crippen LogP contribution in [0.3, 0.4) is 0 Å². The molecule has 35 heavy (non-hydrogen) atoms. The van der Waals surface area contributed by atoms with E-state index in [0.717, 1.165) is 21.6 Å². The fourth-order valence-corrected chi connectivity index (χ4v) is 5.46. The van der Waals surface area contributed by atoms with Crippen molar-refractivity contribution in [2.75, 3.05) is 6.61 Å². The molecule has 0 radical (unpaired) electrons. The molecule has 1 saturated heterocycles. The van der Waals surface area contributed by atoms with Crippen LogP contribution in [0.5, 0.6) is 0 Å². The molecule has 1 aliphatic heterocycles. The molecule has 0 spiro atoms. The van der Waals surface area contributed by atoms with Crippen molar-refractivity contribution in [1.29, 1.82) is 0 Å². The molecule has 0 unspecified atom stereocenters. The first kappa shape index (κ1) is 24.6. The summed E-state index contributed by atoms with van der Waals surface area (Å²) < 4.78 is 34.3. The summed E-state index contributed by atoms with van der Waals surface area (Å²) in [6.07, 6.45) is -0.473. The topological polar surface area (TPSA) is 92.8 Å². The number of benzene rings is 3. The summed E-state index contributed by atoms with van der Waals surface area (Å²) in [6.45, 7) is 3.83. The zero-order chi connectivity index (χ0) is 25.0. The van der Waals surface area contributed by atoms with Crippen LogP contribution in [0.15, 0.2) is 83.8 Å². The fraction of sp³-hybridized carbons (Fsp3) is 0.259. The number of nitrogens with one attached hydrogen (secondary N) is 1. The number of hydrogen-bond donors (Lipinski definition) is 1. The van der Waals surface area contributed by atoms with Gasteiger partial charge in [0.1, 0.15) is 6.61 Å². The molecule has 0 saturated carbocycles. The molecule has 3 aromatic rings. The number of hydrogen-bond acceptors (Lipinski definition) is 5. The SMILES string of the molecule is Cc1ccc(S(=O)(=O)N[C@@H](CC(=O)N2C(=O)OC[C@@H]2Cc2ccccc2)c2ccccc2C)cc1. The third-order valence-corrected chi connectivity index (χ3v) is 7.60. The van der Waals surface area contributed by atoms with E-state index in [-0.39, 0.29) is 17.9 Å². The molecule has 7 nitrogen and oxygen atoms in total. The van der Waals surface area contributed by atoms with E-state index in [4.69, 9.17) is 4.74 Å². The van der Waals surface area contributed by atoms with Crippen LogP contribution in [-0.4, -0.2) is 38.0 Å². The Labute approximate surface area is 205 Å². The molecule has 0 aliphatic carbocycles. The number of imide groups is 1. The van der Waals surface area contributed by atoms with Crippen molar-refractivity contribution >= 4 is 22.0 Å². The number of ether oxygens (including phenoxy) is 1. The third-order valence-electron chi connectivity index (χ3n) is 6.12. The van der Waals surface area contributed by atoms with Gasteiger partial charge in [-0.25, -0.2) is 22.8 Å². The highest BCUT2D eigenvalue weighted by Gasteiger charge is 2.39. The van der Waals surface area contributed by atoms with Crippen molar-refractivity contribution in [3.8, 4) is 0 Å². The van der Waals surface area contributed by atoms with E-state index in [1.165, 1.54) is 12.1 Å². The largest absolute Gasteiger partial charge is 0.447 e. The lowest BCUT2D eigenvalue weighted by molar-refractivity contribution is -0.129. The van der Waals surface area contributed by atoms with E-state index in [1.54, 1.807) is 24.3 Å². The Bertz CT molecular complexity index is 1310. The molecular formula is C27H28N2O5S. The summed E-state index contributed by atoms with van der Waals surface area (Å²) in [7, 11) is -3.92. The Hall–Kier alpha value is -3.49. The van der Waals surface area contributed by atoms with Gasteiger partial charge >= 0.3 is 6.09 Å². The number of rotatable bonds is 8. The van der Waals surface area contributed by atoms with E-state index in [1.807, 2.05) is 56.3 Å². The van der Waals surface area contributed by atoms with E-state index in [9.17, 15) is 18.0 Å². The van der Waals surface area contributed by atoms with Crippen LogP contribution in [0.1, 0.15) is 34.7 Å². The van der Waals surface area contributed by atoms with Gasteiger partial charge in [-0.15, -0.1) is 0 Å². The smallest absolute Gasteiger partial charge is 0.416 e. The van der Waals surface area contributed by atoms with Gasteiger partial charge < -0.3 is 4.74 Å². The van der Waals surface area contributed by atoms with Gasteiger partial charge in [-0.1, -0.05) is 72.3 Å². The zero-order valence-electron chi connectivity index (χ0n) is 19.7. The number of carbonyl (C=O) groups excluding carboxylic acids is 2. The molecule has 182 valence electrons. The number of amides is 2. The second-order valence-corrected chi connectivity index (χ2v) is 10.4. The summed E-state index contributed by atoms with van der Waals surface area (Å²) in [6, 6.07) is 22.0. The Kier molecular flexibility index (Phi) is 7.33. The molecule has 1 N–H and O–H groups in total. The maximum Gasteiger partial charge on any atom is 0.416 e. The molecule has 8 heteroatoms. The lowest BCUT2D eigenvalue weighted by atomic mass is 9.98. The predicted octanol–water partition coefficient (Wildman–Crippen LogP) is 4.30. The first-order chi connectivity index (χ1) is 16.7. The minimum atomic E-state index is -3.92. The first-order valence-corrected chi connectivity index (χ1v) is 12.9. The van der Waals surface area contributed by atoms with Crippen LogP contribution in [-0.2, 0) is 26.0 Å². The van der Waals surface area contributed by atoms with Crippen molar-refractivity contribution in [1.82, 2.24) is 9.62 Å². The lowest BCUT2D eigenvalue weighted by Crippen LogP contribution is -2.42. The van der Waals surface area contributed by atoms with Crippen LogP contribution in [0.4, 0.5) is 4.79 Å². The van der Waals surface area contributed by atoms with Gasteiger partial charge in [0.25, 0.3) is 0 Å². The average Bonchev–Trinajstić information content (AvgIpc) is 3.19. The van der Waals surface area contributed by atoms with Crippen LogP contribution in [0.2, 0.25) is 0 Å². The van der Waals surface area contributed by atoms with Crippen molar-refractivity contribution in [2.45, 2.75) is 43.7 Å². The van der Waals surface area contributed by atoms with Crippen LogP contribution < -0.4 is 4.72 Å². The quantitative estimate of drug-likeness (QED) is 0.506. The molecule has 3 aromatic carbocycles. The summed E-state index contributed by atoms with van der Waals surface area (Å²) in [5.41, 5.74) is 3.42. The van der Waals surface area contributed by atoms with Crippen molar-refractivity contribution in [3.63, 3.8) is 0 Å². The Morgan fingerprint density at radius 3 is 2.34 bits per heavy atom. The van der Waals surface area contributed by atoms with Gasteiger partial charge in [-0.2, -0.15) is 0 Å². The third kappa shape index (κ3) is 5.78. The highest BCUT2D eigenvalue weighted by Crippen LogP contribution is 2.27. The molecular weight excluding hydrogens is 464 g/mol. The molecule has 1 aliphatic rings. The molecule has 1 heterocycles. The van der Waals surface area contributed by atoms with Crippen LogP contribution in [0.25, 0.3) is 0 Å².